The van der Waals surface area contributed by atoms with E-state index in [2.05, 4.69) is 53.3 Å². The van der Waals surface area contributed by atoms with Crippen molar-refractivity contribution in [2.24, 2.45) is 5.92 Å². The van der Waals surface area contributed by atoms with Crippen molar-refractivity contribution in [2.45, 2.75) is 45.3 Å². The molecule has 4 rings (SSSR count). The van der Waals surface area contributed by atoms with E-state index in [-0.39, 0.29) is 6.10 Å². The van der Waals surface area contributed by atoms with E-state index < -0.39 is 0 Å². The lowest BCUT2D eigenvalue weighted by Gasteiger charge is -2.10. The van der Waals surface area contributed by atoms with Crippen molar-refractivity contribution in [3.05, 3.63) is 35.5 Å². The first kappa shape index (κ1) is 14.5. The highest BCUT2D eigenvalue weighted by atomic mass is 16.5. The van der Waals surface area contributed by atoms with Gasteiger partial charge in [-0.05, 0) is 44.7 Å². The molecule has 0 bridgehead atoms. The fraction of sp³-hybridized carbons (Fsp3) is 0.474. The quantitative estimate of drug-likeness (QED) is 0.818. The van der Waals surface area contributed by atoms with E-state index >= 15 is 0 Å². The molecule has 2 aromatic rings. The third-order valence-corrected chi connectivity index (χ3v) is 4.54. The minimum Gasteiger partial charge on any atom is -0.376 e. The lowest BCUT2D eigenvalue weighted by molar-refractivity contribution is 0.0929. The van der Waals surface area contributed by atoms with Crippen LogP contribution in [-0.2, 0) is 11.3 Å². The third-order valence-electron chi connectivity index (χ3n) is 4.54. The maximum atomic E-state index is 5.69. The molecule has 1 aliphatic heterocycles. The zero-order valence-electron chi connectivity index (χ0n) is 13.5. The van der Waals surface area contributed by atoms with Gasteiger partial charge in [0, 0.05) is 23.7 Å². The highest BCUT2D eigenvalue weighted by Crippen LogP contribution is 2.28. The Hall–Kier alpha value is -2.12. The molecule has 1 aromatic carbocycles. The van der Waals surface area contributed by atoms with E-state index in [1.54, 1.807) is 0 Å². The first-order chi connectivity index (χ1) is 11.3. The van der Waals surface area contributed by atoms with Gasteiger partial charge in [0.25, 0.3) is 0 Å². The summed E-state index contributed by atoms with van der Waals surface area (Å²) in [7, 11) is 0. The number of hydrogen-bond acceptors (Lipinski definition) is 3. The van der Waals surface area contributed by atoms with Crippen LogP contribution >= 0.6 is 0 Å². The molecule has 1 unspecified atom stereocenters. The summed E-state index contributed by atoms with van der Waals surface area (Å²) in [6.07, 6.45) is 5.07. The second kappa shape index (κ2) is 6.17. The average Bonchev–Trinajstić information content (AvgIpc) is 3.14. The molecule has 23 heavy (non-hydrogen) atoms. The van der Waals surface area contributed by atoms with Crippen LogP contribution in [-0.4, -0.2) is 27.7 Å². The van der Waals surface area contributed by atoms with E-state index in [9.17, 15) is 0 Å². The maximum absolute atomic E-state index is 5.69. The summed E-state index contributed by atoms with van der Waals surface area (Å²) in [5, 5.41) is 8.67. The SMILES string of the molecule is Cc1c(-c2ccc(C#CC3CC3)cc2)nnn1CC1CCCO1. The number of nitrogens with zero attached hydrogens (tertiary/aromatic N) is 3. The third kappa shape index (κ3) is 3.30. The van der Waals surface area contributed by atoms with Crippen LogP contribution < -0.4 is 0 Å². The zero-order valence-corrected chi connectivity index (χ0v) is 13.5. The van der Waals surface area contributed by atoms with Gasteiger partial charge in [0.2, 0.25) is 0 Å². The van der Waals surface area contributed by atoms with Crippen LogP contribution in [0.15, 0.2) is 24.3 Å². The molecule has 4 heteroatoms. The molecular formula is C19H21N3O. The fourth-order valence-electron chi connectivity index (χ4n) is 2.91. The first-order valence-corrected chi connectivity index (χ1v) is 8.43. The van der Waals surface area contributed by atoms with Gasteiger partial charge in [-0.1, -0.05) is 29.2 Å². The molecule has 2 fully saturated rings. The summed E-state index contributed by atoms with van der Waals surface area (Å²) in [4.78, 5) is 0. The Balaban J connectivity index is 1.51. The Labute approximate surface area is 136 Å². The summed E-state index contributed by atoms with van der Waals surface area (Å²) in [5.41, 5.74) is 4.21. The number of aromatic nitrogens is 3. The molecule has 1 saturated heterocycles. The highest BCUT2D eigenvalue weighted by Gasteiger charge is 2.19. The molecule has 0 spiro atoms. The second-order valence-electron chi connectivity index (χ2n) is 6.46. The lowest BCUT2D eigenvalue weighted by atomic mass is 10.1. The summed E-state index contributed by atoms with van der Waals surface area (Å²) in [5.74, 6) is 7.17. The van der Waals surface area contributed by atoms with Gasteiger partial charge in [0.1, 0.15) is 5.69 Å². The van der Waals surface area contributed by atoms with Crippen LogP contribution in [0.1, 0.15) is 36.9 Å². The molecule has 1 aliphatic carbocycles. The van der Waals surface area contributed by atoms with Gasteiger partial charge >= 0.3 is 0 Å². The Morgan fingerprint density at radius 1 is 1.22 bits per heavy atom. The van der Waals surface area contributed by atoms with Gasteiger partial charge in [0.15, 0.2) is 0 Å². The van der Waals surface area contributed by atoms with E-state index in [4.69, 9.17) is 4.74 Å². The van der Waals surface area contributed by atoms with Crippen molar-refractivity contribution in [3.8, 4) is 23.1 Å². The van der Waals surface area contributed by atoms with E-state index in [0.29, 0.717) is 5.92 Å². The van der Waals surface area contributed by atoms with Crippen molar-refractivity contribution in [1.29, 1.82) is 0 Å². The minimum atomic E-state index is 0.281. The van der Waals surface area contributed by atoms with Gasteiger partial charge in [-0.15, -0.1) is 5.10 Å². The molecule has 4 nitrogen and oxygen atoms in total. The van der Waals surface area contributed by atoms with E-state index in [0.717, 1.165) is 48.5 Å². The molecule has 0 radical (unpaired) electrons. The molecule has 1 atom stereocenters. The van der Waals surface area contributed by atoms with Gasteiger partial charge in [-0.25, -0.2) is 4.68 Å². The van der Waals surface area contributed by atoms with Crippen molar-refractivity contribution in [2.75, 3.05) is 6.61 Å². The molecule has 2 heterocycles. The minimum absolute atomic E-state index is 0.281. The number of benzene rings is 1. The van der Waals surface area contributed by atoms with Crippen LogP contribution in [0, 0.1) is 24.7 Å². The normalized spacial score (nSPS) is 20.3. The van der Waals surface area contributed by atoms with Gasteiger partial charge in [-0.3, -0.25) is 0 Å². The van der Waals surface area contributed by atoms with Gasteiger partial charge < -0.3 is 4.74 Å². The molecule has 118 valence electrons. The molecule has 2 aliphatic rings. The highest BCUT2D eigenvalue weighted by molar-refractivity contribution is 5.62. The summed E-state index contributed by atoms with van der Waals surface area (Å²) in [6, 6.07) is 8.32. The summed E-state index contributed by atoms with van der Waals surface area (Å²) >= 11 is 0. The number of rotatable bonds is 3. The van der Waals surface area contributed by atoms with Crippen LogP contribution in [0.2, 0.25) is 0 Å². The molecule has 0 N–H and O–H groups in total. The van der Waals surface area contributed by atoms with E-state index in [1.165, 1.54) is 12.8 Å². The lowest BCUT2D eigenvalue weighted by Crippen LogP contribution is -2.17. The van der Waals surface area contributed by atoms with Gasteiger partial charge in [-0.2, -0.15) is 0 Å². The zero-order chi connectivity index (χ0) is 15.6. The second-order valence-corrected chi connectivity index (χ2v) is 6.46. The maximum Gasteiger partial charge on any atom is 0.115 e. The van der Waals surface area contributed by atoms with Gasteiger partial charge in [0.05, 0.1) is 18.3 Å². The predicted molar refractivity (Wildman–Crippen MR) is 88.8 cm³/mol. The smallest absolute Gasteiger partial charge is 0.115 e. The Morgan fingerprint density at radius 3 is 2.74 bits per heavy atom. The Kier molecular flexibility index (Phi) is 3.88. The largest absolute Gasteiger partial charge is 0.376 e. The fourth-order valence-corrected chi connectivity index (χ4v) is 2.91. The monoisotopic (exact) mass is 307 g/mol. The predicted octanol–water partition coefficient (Wildman–Crippen LogP) is 3.19. The molecule has 1 aromatic heterocycles. The summed E-state index contributed by atoms with van der Waals surface area (Å²) in [6.45, 7) is 3.74. The van der Waals surface area contributed by atoms with Crippen molar-refractivity contribution >= 4 is 0 Å². The molecule has 0 amide bonds. The van der Waals surface area contributed by atoms with Crippen LogP contribution in [0.4, 0.5) is 0 Å². The van der Waals surface area contributed by atoms with Crippen LogP contribution in [0.3, 0.4) is 0 Å². The standard InChI is InChI=1S/C19H21N3O/c1-14-19(20-21-22(14)13-18-3-2-12-23-18)17-10-8-16(9-11-17)7-6-15-4-5-15/h8-11,15,18H,2-5,12-13H2,1H3. The molecule has 1 saturated carbocycles. The first-order valence-electron chi connectivity index (χ1n) is 8.43. The summed E-state index contributed by atoms with van der Waals surface area (Å²) < 4.78 is 7.65. The van der Waals surface area contributed by atoms with Crippen molar-refractivity contribution in [3.63, 3.8) is 0 Å². The Morgan fingerprint density at radius 2 is 2.04 bits per heavy atom. The molecular weight excluding hydrogens is 286 g/mol. The van der Waals surface area contributed by atoms with Crippen molar-refractivity contribution in [1.82, 2.24) is 15.0 Å². The van der Waals surface area contributed by atoms with Crippen LogP contribution in [0.5, 0.6) is 0 Å². The number of ether oxygens (including phenoxy) is 1. The van der Waals surface area contributed by atoms with E-state index in [1.807, 2.05) is 4.68 Å². The topological polar surface area (TPSA) is 39.9 Å². The average molecular weight is 307 g/mol. The number of hydrogen-bond donors (Lipinski definition) is 0. The van der Waals surface area contributed by atoms with Crippen LogP contribution in [0.25, 0.3) is 11.3 Å². The Bertz CT molecular complexity index is 741. The van der Waals surface area contributed by atoms with Crippen molar-refractivity contribution < 1.29 is 4.74 Å².